The van der Waals surface area contributed by atoms with Crippen LogP contribution in [-0.2, 0) is 0 Å². The Morgan fingerprint density at radius 3 is 2.43 bits per heavy atom. The minimum absolute atomic E-state index is 0.819. The molecule has 1 aliphatic rings. The van der Waals surface area contributed by atoms with Crippen LogP contribution >= 0.6 is 0 Å². The maximum Gasteiger partial charge on any atom is -0.0383 e. The first-order valence-corrected chi connectivity index (χ1v) is 3.17. The fourth-order valence-corrected chi connectivity index (χ4v) is 1.03. The third-order valence-corrected chi connectivity index (χ3v) is 1.73. The molecule has 2 atom stereocenters. The van der Waals surface area contributed by atoms with E-state index in [1.807, 2.05) is 0 Å². The molecule has 0 aromatic heterocycles. The van der Waals surface area contributed by atoms with Crippen molar-refractivity contribution in [2.75, 3.05) is 0 Å². The molecule has 1 saturated carbocycles. The molecule has 1 rings (SSSR count). The SMILES string of the molecule is [CH2]C1CC1CCC. The number of rotatable bonds is 2. The van der Waals surface area contributed by atoms with Crippen LogP contribution in [0, 0.1) is 18.8 Å². The van der Waals surface area contributed by atoms with Gasteiger partial charge in [-0.25, -0.2) is 0 Å². The third kappa shape index (κ3) is 1.19. The second-order valence-corrected chi connectivity index (χ2v) is 2.54. The van der Waals surface area contributed by atoms with Crippen molar-refractivity contribution in [3.05, 3.63) is 6.92 Å². The lowest BCUT2D eigenvalue weighted by atomic mass is 10.2. The molecule has 0 amide bonds. The van der Waals surface area contributed by atoms with Gasteiger partial charge in [0.25, 0.3) is 0 Å². The molecule has 0 bridgehead atoms. The largest absolute Gasteiger partial charge is 0.0654 e. The van der Waals surface area contributed by atoms with Gasteiger partial charge in [-0.05, 0) is 25.2 Å². The van der Waals surface area contributed by atoms with E-state index in [0.717, 1.165) is 11.8 Å². The molecule has 0 N–H and O–H groups in total. The maximum absolute atomic E-state index is 3.95. The Balaban J connectivity index is 1.98. The summed E-state index contributed by atoms with van der Waals surface area (Å²) in [6, 6.07) is 0. The molecule has 0 nitrogen and oxygen atoms in total. The summed E-state index contributed by atoms with van der Waals surface area (Å²) in [5.74, 6) is 1.82. The molecule has 41 valence electrons. The average molecular weight is 97.2 g/mol. The first-order valence-electron chi connectivity index (χ1n) is 3.17. The fraction of sp³-hybridized carbons (Fsp3) is 0.857. The first-order chi connectivity index (χ1) is 3.34. The summed E-state index contributed by atoms with van der Waals surface area (Å²) < 4.78 is 0. The summed E-state index contributed by atoms with van der Waals surface area (Å²) >= 11 is 0. The monoisotopic (exact) mass is 97.1 g/mol. The lowest BCUT2D eigenvalue weighted by Crippen LogP contribution is -1.74. The second-order valence-electron chi connectivity index (χ2n) is 2.54. The molecule has 0 heterocycles. The van der Waals surface area contributed by atoms with E-state index in [1.165, 1.54) is 19.3 Å². The zero-order chi connectivity index (χ0) is 5.28. The molecule has 0 aromatic carbocycles. The Morgan fingerprint density at radius 2 is 2.29 bits per heavy atom. The molecule has 0 aliphatic heterocycles. The van der Waals surface area contributed by atoms with Crippen molar-refractivity contribution in [3.63, 3.8) is 0 Å². The van der Waals surface area contributed by atoms with Crippen LogP contribution in [0.4, 0.5) is 0 Å². The molecule has 0 saturated heterocycles. The van der Waals surface area contributed by atoms with Gasteiger partial charge in [0.2, 0.25) is 0 Å². The summed E-state index contributed by atoms with van der Waals surface area (Å²) in [6.07, 6.45) is 4.15. The van der Waals surface area contributed by atoms with Gasteiger partial charge in [0.15, 0.2) is 0 Å². The summed E-state index contributed by atoms with van der Waals surface area (Å²) in [5, 5.41) is 0. The van der Waals surface area contributed by atoms with Crippen molar-refractivity contribution in [1.82, 2.24) is 0 Å². The van der Waals surface area contributed by atoms with Crippen LogP contribution in [0.2, 0.25) is 0 Å². The van der Waals surface area contributed by atoms with E-state index in [-0.39, 0.29) is 0 Å². The summed E-state index contributed by atoms with van der Waals surface area (Å²) in [5.41, 5.74) is 0. The smallest absolute Gasteiger partial charge is 0.0383 e. The second kappa shape index (κ2) is 1.85. The van der Waals surface area contributed by atoms with Crippen molar-refractivity contribution in [1.29, 1.82) is 0 Å². The fourth-order valence-electron chi connectivity index (χ4n) is 1.03. The van der Waals surface area contributed by atoms with Crippen molar-refractivity contribution in [2.24, 2.45) is 11.8 Å². The van der Waals surface area contributed by atoms with Gasteiger partial charge in [0, 0.05) is 0 Å². The zero-order valence-corrected chi connectivity index (χ0v) is 4.98. The quantitative estimate of drug-likeness (QED) is 0.495. The average Bonchev–Trinajstić information content (AvgIpc) is 2.22. The van der Waals surface area contributed by atoms with Crippen LogP contribution < -0.4 is 0 Å². The highest BCUT2D eigenvalue weighted by atomic mass is 14.4. The van der Waals surface area contributed by atoms with Crippen LogP contribution in [0.15, 0.2) is 0 Å². The first kappa shape index (κ1) is 5.14. The van der Waals surface area contributed by atoms with E-state index in [1.54, 1.807) is 0 Å². The molecule has 0 heteroatoms. The van der Waals surface area contributed by atoms with Gasteiger partial charge in [0.1, 0.15) is 0 Å². The molecule has 0 spiro atoms. The van der Waals surface area contributed by atoms with Crippen LogP contribution in [0.25, 0.3) is 0 Å². The van der Waals surface area contributed by atoms with Gasteiger partial charge in [0.05, 0.1) is 0 Å². The lowest BCUT2D eigenvalue weighted by molar-refractivity contribution is 0.678. The molecule has 0 aromatic rings. The highest BCUT2D eigenvalue weighted by Gasteiger charge is 2.30. The Labute approximate surface area is 45.9 Å². The molecule has 1 aliphatic carbocycles. The lowest BCUT2D eigenvalue weighted by Gasteiger charge is -1.86. The number of hydrogen-bond donors (Lipinski definition) is 0. The highest BCUT2D eigenvalue weighted by molar-refractivity contribution is 4.86. The van der Waals surface area contributed by atoms with Crippen LogP contribution in [-0.4, -0.2) is 0 Å². The van der Waals surface area contributed by atoms with E-state index in [9.17, 15) is 0 Å². The topological polar surface area (TPSA) is 0 Å². The summed E-state index contributed by atoms with van der Waals surface area (Å²) in [7, 11) is 0. The van der Waals surface area contributed by atoms with Gasteiger partial charge in [-0.2, -0.15) is 0 Å². The summed E-state index contributed by atoms with van der Waals surface area (Å²) in [6.45, 7) is 6.19. The van der Waals surface area contributed by atoms with Crippen LogP contribution in [0.1, 0.15) is 26.2 Å². The van der Waals surface area contributed by atoms with Gasteiger partial charge >= 0.3 is 0 Å². The van der Waals surface area contributed by atoms with E-state index < -0.39 is 0 Å². The Hall–Kier alpha value is 0. The molecule has 2 unspecified atom stereocenters. The summed E-state index contributed by atoms with van der Waals surface area (Å²) in [4.78, 5) is 0. The van der Waals surface area contributed by atoms with Gasteiger partial charge in [-0.1, -0.05) is 19.8 Å². The minimum Gasteiger partial charge on any atom is -0.0654 e. The van der Waals surface area contributed by atoms with E-state index in [4.69, 9.17) is 0 Å². The highest BCUT2D eigenvalue weighted by Crippen LogP contribution is 2.40. The Morgan fingerprint density at radius 1 is 1.71 bits per heavy atom. The van der Waals surface area contributed by atoms with Crippen molar-refractivity contribution >= 4 is 0 Å². The minimum atomic E-state index is 0.819. The van der Waals surface area contributed by atoms with Gasteiger partial charge in [-0.15, -0.1) is 0 Å². The predicted molar refractivity (Wildman–Crippen MR) is 31.9 cm³/mol. The molecular weight excluding hydrogens is 84.1 g/mol. The molecule has 7 heavy (non-hydrogen) atoms. The molecule has 1 radical (unpaired) electrons. The van der Waals surface area contributed by atoms with Gasteiger partial charge in [-0.3, -0.25) is 0 Å². The van der Waals surface area contributed by atoms with Crippen molar-refractivity contribution in [3.8, 4) is 0 Å². The Kier molecular flexibility index (Phi) is 1.36. The zero-order valence-electron chi connectivity index (χ0n) is 4.98. The molecule has 1 fully saturated rings. The third-order valence-electron chi connectivity index (χ3n) is 1.73. The van der Waals surface area contributed by atoms with Gasteiger partial charge < -0.3 is 0 Å². The van der Waals surface area contributed by atoms with E-state index in [0.29, 0.717) is 0 Å². The van der Waals surface area contributed by atoms with E-state index in [2.05, 4.69) is 13.8 Å². The van der Waals surface area contributed by atoms with Crippen LogP contribution in [0.3, 0.4) is 0 Å². The Bertz CT molecular complexity index is 57.1. The van der Waals surface area contributed by atoms with E-state index >= 15 is 0 Å². The standard InChI is InChI=1S/C7H13/c1-3-4-7-5-6(7)2/h6-7H,2-5H2,1H3. The van der Waals surface area contributed by atoms with Crippen molar-refractivity contribution in [2.45, 2.75) is 26.2 Å². The number of hydrogen-bond acceptors (Lipinski definition) is 0. The normalized spacial score (nSPS) is 38.6. The van der Waals surface area contributed by atoms with Crippen molar-refractivity contribution < 1.29 is 0 Å². The van der Waals surface area contributed by atoms with Crippen LogP contribution in [0.5, 0.6) is 0 Å². The molecular formula is C7H13. The maximum atomic E-state index is 3.95. The predicted octanol–water partition coefficient (Wildman–Crippen LogP) is 2.26.